The van der Waals surface area contributed by atoms with E-state index in [4.69, 9.17) is 4.74 Å². The zero-order valence-corrected chi connectivity index (χ0v) is 14.8. The van der Waals surface area contributed by atoms with Crippen LogP contribution in [0.25, 0.3) is 16.7 Å². The van der Waals surface area contributed by atoms with Crippen molar-refractivity contribution in [3.8, 4) is 11.1 Å². The zero-order chi connectivity index (χ0) is 18.4. The lowest BCUT2D eigenvalue weighted by molar-refractivity contribution is -0.138. The molecule has 26 heavy (non-hydrogen) atoms. The fraction of sp³-hybridized carbons (Fsp3) is 0.273. The van der Waals surface area contributed by atoms with Crippen molar-refractivity contribution in [2.24, 2.45) is 0 Å². The number of ether oxygens (including phenoxy) is 1. The number of fused-ring (bicyclic) bond motifs is 1. The molecule has 2 aromatic carbocycles. The van der Waals surface area contributed by atoms with Gasteiger partial charge >= 0.3 is 5.97 Å². The van der Waals surface area contributed by atoms with Crippen LogP contribution in [0.1, 0.15) is 45.5 Å². The summed E-state index contributed by atoms with van der Waals surface area (Å²) in [4.78, 5) is 23.6. The van der Waals surface area contributed by atoms with Gasteiger partial charge in [-0.15, -0.1) is 0 Å². The van der Waals surface area contributed by atoms with E-state index in [1.807, 2.05) is 13.8 Å². The Bertz CT molecular complexity index is 962. The highest BCUT2D eigenvalue weighted by atomic mass is 19.1. The summed E-state index contributed by atoms with van der Waals surface area (Å²) < 4.78 is 19.1. The predicted molar refractivity (Wildman–Crippen MR) is 97.5 cm³/mol. The number of carbonyl (C=O) groups excluding carboxylic acids is 2. The minimum absolute atomic E-state index is 0.114. The van der Waals surface area contributed by atoms with E-state index in [0.29, 0.717) is 25.9 Å². The summed E-state index contributed by atoms with van der Waals surface area (Å²) in [6, 6.07) is 7.28. The van der Waals surface area contributed by atoms with Crippen LogP contribution in [0.2, 0.25) is 0 Å². The molecule has 4 rings (SSSR count). The Hall–Kier alpha value is -2.75. The maximum absolute atomic E-state index is 14.1. The number of hydrogen-bond acceptors (Lipinski definition) is 3. The first kappa shape index (κ1) is 16.7. The summed E-state index contributed by atoms with van der Waals surface area (Å²) >= 11 is 0. The summed E-state index contributed by atoms with van der Waals surface area (Å²) in [6.45, 7) is 4.43. The second-order valence-electron chi connectivity index (χ2n) is 6.94. The lowest BCUT2D eigenvalue weighted by atomic mass is 9.87. The number of rotatable bonds is 2. The molecule has 4 heteroatoms. The smallest absolute Gasteiger partial charge is 0.331 e. The van der Waals surface area contributed by atoms with Crippen LogP contribution in [0.5, 0.6) is 0 Å². The summed E-state index contributed by atoms with van der Waals surface area (Å²) in [5.41, 5.74) is 7.12. The van der Waals surface area contributed by atoms with Crippen molar-refractivity contribution >= 4 is 17.3 Å². The van der Waals surface area contributed by atoms with Gasteiger partial charge < -0.3 is 4.74 Å². The highest BCUT2D eigenvalue weighted by Gasteiger charge is 2.27. The van der Waals surface area contributed by atoms with Crippen molar-refractivity contribution in [3.05, 3.63) is 64.0 Å². The normalized spacial score (nSPS) is 16.3. The number of benzene rings is 2. The predicted octanol–water partition coefficient (Wildman–Crippen LogP) is 4.57. The van der Waals surface area contributed by atoms with E-state index >= 15 is 0 Å². The first-order chi connectivity index (χ1) is 12.5. The number of halogens is 1. The molecule has 0 unspecified atom stereocenters. The van der Waals surface area contributed by atoms with Crippen LogP contribution >= 0.6 is 0 Å². The average molecular weight is 350 g/mol. The van der Waals surface area contributed by atoms with Gasteiger partial charge in [0.05, 0.1) is 12.2 Å². The molecule has 0 N–H and O–H groups in total. The number of cyclic esters (lactones) is 1. The minimum Gasteiger partial charge on any atom is -0.462 e. The van der Waals surface area contributed by atoms with Crippen molar-refractivity contribution in [3.63, 3.8) is 0 Å². The van der Waals surface area contributed by atoms with Gasteiger partial charge in [0, 0.05) is 18.9 Å². The van der Waals surface area contributed by atoms with Crippen LogP contribution in [0.3, 0.4) is 0 Å². The van der Waals surface area contributed by atoms with Gasteiger partial charge in [-0.1, -0.05) is 18.2 Å². The Morgan fingerprint density at radius 1 is 0.962 bits per heavy atom. The summed E-state index contributed by atoms with van der Waals surface area (Å²) in [5.74, 6) is -0.846. The molecule has 2 aliphatic rings. The van der Waals surface area contributed by atoms with E-state index in [1.165, 1.54) is 6.07 Å². The molecule has 1 aliphatic carbocycles. The number of esters is 1. The van der Waals surface area contributed by atoms with E-state index in [9.17, 15) is 14.0 Å². The van der Waals surface area contributed by atoms with Gasteiger partial charge in [-0.05, 0) is 65.3 Å². The van der Waals surface area contributed by atoms with E-state index in [-0.39, 0.29) is 17.3 Å². The number of ketones is 1. The Balaban J connectivity index is 1.85. The van der Waals surface area contributed by atoms with Gasteiger partial charge in [-0.2, -0.15) is 0 Å². The fourth-order valence-corrected chi connectivity index (χ4v) is 4.10. The molecule has 2 aromatic rings. The average Bonchev–Trinajstić information content (AvgIpc) is 2.99. The number of aryl methyl sites for hydroxylation is 2. The third kappa shape index (κ3) is 2.66. The SMILES string of the molecule is Cc1cc(C2=CC(=O)OCC2)cc(C)c1-c1ccc(F)c2c1CCC2=O. The zero-order valence-electron chi connectivity index (χ0n) is 14.8. The van der Waals surface area contributed by atoms with Gasteiger partial charge in [-0.25, -0.2) is 9.18 Å². The molecular formula is C22H19FO3. The standard InChI is InChI=1S/C22H19FO3/c1-12-9-15(14-7-8-26-20(25)11-14)10-13(2)21(12)16-3-5-18(23)22-17(16)4-6-19(22)24/h3,5,9-11H,4,6-8H2,1-2H3. The van der Waals surface area contributed by atoms with Crippen LogP contribution in [0.4, 0.5) is 4.39 Å². The van der Waals surface area contributed by atoms with E-state index in [0.717, 1.165) is 39.0 Å². The maximum atomic E-state index is 14.1. The number of carbonyl (C=O) groups is 2. The highest BCUT2D eigenvalue weighted by molar-refractivity contribution is 6.03. The second-order valence-corrected chi connectivity index (χ2v) is 6.94. The molecule has 0 saturated heterocycles. The molecule has 0 aromatic heterocycles. The lowest BCUT2D eigenvalue weighted by Crippen LogP contribution is -2.10. The van der Waals surface area contributed by atoms with Crippen LogP contribution < -0.4 is 0 Å². The molecule has 0 bridgehead atoms. The molecule has 1 heterocycles. The molecule has 0 radical (unpaired) electrons. The largest absolute Gasteiger partial charge is 0.462 e. The van der Waals surface area contributed by atoms with Crippen LogP contribution in [0.15, 0.2) is 30.3 Å². The second kappa shape index (κ2) is 6.20. The van der Waals surface area contributed by atoms with Crippen LogP contribution in [-0.2, 0) is 16.0 Å². The minimum atomic E-state index is -0.427. The Morgan fingerprint density at radius 3 is 2.38 bits per heavy atom. The van der Waals surface area contributed by atoms with Crippen molar-refractivity contribution in [2.75, 3.05) is 6.61 Å². The Kier molecular flexibility index (Phi) is 3.98. The molecule has 1 aliphatic heterocycles. The molecule has 0 amide bonds. The van der Waals surface area contributed by atoms with E-state index < -0.39 is 5.82 Å². The van der Waals surface area contributed by atoms with Crippen LogP contribution in [0, 0.1) is 19.7 Å². The first-order valence-corrected chi connectivity index (χ1v) is 8.79. The van der Waals surface area contributed by atoms with E-state index in [2.05, 4.69) is 12.1 Å². The van der Waals surface area contributed by atoms with Gasteiger partial charge in [0.25, 0.3) is 0 Å². The topological polar surface area (TPSA) is 43.4 Å². The van der Waals surface area contributed by atoms with Crippen molar-refractivity contribution in [1.82, 2.24) is 0 Å². The Morgan fingerprint density at radius 2 is 1.69 bits per heavy atom. The Labute approximate surface area is 151 Å². The summed E-state index contributed by atoms with van der Waals surface area (Å²) in [5, 5.41) is 0. The monoisotopic (exact) mass is 350 g/mol. The van der Waals surface area contributed by atoms with Crippen molar-refractivity contribution < 1.29 is 18.7 Å². The quantitative estimate of drug-likeness (QED) is 0.745. The summed E-state index contributed by atoms with van der Waals surface area (Å²) in [7, 11) is 0. The maximum Gasteiger partial charge on any atom is 0.331 e. The molecule has 0 atom stereocenters. The third-order valence-electron chi connectivity index (χ3n) is 5.22. The molecule has 0 spiro atoms. The van der Waals surface area contributed by atoms with Crippen molar-refractivity contribution in [2.45, 2.75) is 33.1 Å². The fourth-order valence-electron chi connectivity index (χ4n) is 4.10. The highest BCUT2D eigenvalue weighted by Crippen LogP contribution is 2.38. The van der Waals surface area contributed by atoms with Gasteiger partial charge in [0.1, 0.15) is 5.82 Å². The van der Waals surface area contributed by atoms with Gasteiger partial charge in [-0.3, -0.25) is 4.79 Å². The molecule has 132 valence electrons. The van der Waals surface area contributed by atoms with Gasteiger partial charge in [0.2, 0.25) is 0 Å². The molecule has 0 fully saturated rings. The molecule has 0 saturated carbocycles. The van der Waals surface area contributed by atoms with Crippen molar-refractivity contribution in [1.29, 1.82) is 0 Å². The van der Waals surface area contributed by atoms with Gasteiger partial charge in [0.15, 0.2) is 5.78 Å². The third-order valence-corrected chi connectivity index (χ3v) is 5.22. The number of Topliss-reactive ketones (excluding diaryl/α,β-unsaturated/α-hetero) is 1. The van der Waals surface area contributed by atoms with E-state index in [1.54, 1.807) is 12.1 Å². The molecule has 3 nitrogen and oxygen atoms in total. The molecular weight excluding hydrogens is 331 g/mol. The summed E-state index contributed by atoms with van der Waals surface area (Å²) in [6.07, 6.45) is 3.20. The number of hydrogen-bond donors (Lipinski definition) is 0. The first-order valence-electron chi connectivity index (χ1n) is 8.79. The lowest BCUT2D eigenvalue weighted by Gasteiger charge is -2.19. The van der Waals surface area contributed by atoms with Crippen LogP contribution in [-0.4, -0.2) is 18.4 Å².